The van der Waals surface area contributed by atoms with Gasteiger partial charge in [0, 0.05) is 28.4 Å². The predicted molar refractivity (Wildman–Crippen MR) is 86.9 cm³/mol. The average Bonchev–Trinajstić information content (AvgIpc) is 2.46. The first kappa shape index (κ1) is 13.4. The van der Waals surface area contributed by atoms with Gasteiger partial charge in [-0.2, -0.15) is 0 Å². The van der Waals surface area contributed by atoms with E-state index in [2.05, 4.69) is 24.0 Å². The molecular formula is C18H18N2O. The molecule has 1 heterocycles. The van der Waals surface area contributed by atoms with Gasteiger partial charge in [0.15, 0.2) is 0 Å². The smallest absolute Gasteiger partial charge is 0.135 e. The molecule has 0 bridgehead atoms. The Labute approximate surface area is 124 Å². The zero-order valence-corrected chi connectivity index (χ0v) is 12.5. The maximum atomic E-state index is 6.13. The van der Waals surface area contributed by atoms with Crippen LogP contribution in [0, 0.1) is 20.8 Å². The molecule has 3 rings (SSSR count). The van der Waals surface area contributed by atoms with Crippen molar-refractivity contribution >= 4 is 16.5 Å². The van der Waals surface area contributed by atoms with Gasteiger partial charge in [-0.05, 0) is 56.2 Å². The largest absolute Gasteiger partial charge is 0.456 e. The zero-order chi connectivity index (χ0) is 15.0. The molecule has 0 saturated carbocycles. The van der Waals surface area contributed by atoms with Crippen molar-refractivity contribution in [3.63, 3.8) is 0 Å². The van der Waals surface area contributed by atoms with Crippen molar-refractivity contribution in [3.05, 3.63) is 59.4 Å². The van der Waals surface area contributed by atoms with E-state index in [4.69, 9.17) is 10.5 Å². The molecule has 0 fully saturated rings. The van der Waals surface area contributed by atoms with E-state index in [1.54, 1.807) is 6.20 Å². The number of hydrogen-bond acceptors (Lipinski definition) is 3. The number of anilines is 1. The van der Waals surface area contributed by atoms with Crippen LogP contribution >= 0.6 is 0 Å². The van der Waals surface area contributed by atoms with Gasteiger partial charge in [-0.25, -0.2) is 0 Å². The van der Waals surface area contributed by atoms with Crippen molar-refractivity contribution in [2.75, 3.05) is 5.73 Å². The number of rotatable bonds is 2. The highest BCUT2D eigenvalue weighted by Gasteiger charge is 2.09. The molecule has 1 aromatic heterocycles. The third kappa shape index (κ3) is 2.55. The normalized spacial score (nSPS) is 10.8. The van der Waals surface area contributed by atoms with Gasteiger partial charge in [0.2, 0.25) is 0 Å². The van der Waals surface area contributed by atoms with E-state index in [9.17, 15) is 0 Å². The van der Waals surface area contributed by atoms with Gasteiger partial charge >= 0.3 is 0 Å². The van der Waals surface area contributed by atoms with Gasteiger partial charge < -0.3 is 10.5 Å². The van der Waals surface area contributed by atoms with E-state index >= 15 is 0 Å². The first-order valence-corrected chi connectivity index (χ1v) is 6.94. The van der Waals surface area contributed by atoms with Crippen LogP contribution in [0.25, 0.3) is 10.8 Å². The van der Waals surface area contributed by atoms with Crippen molar-refractivity contribution in [1.29, 1.82) is 0 Å². The second kappa shape index (κ2) is 5.09. The molecule has 2 aromatic carbocycles. The fourth-order valence-electron chi connectivity index (χ4n) is 2.36. The Bertz CT molecular complexity index is 825. The van der Waals surface area contributed by atoms with Crippen molar-refractivity contribution in [2.45, 2.75) is 20.8 Å². The van der Waals surface area contributed by atoms with Crippen LogP contribution in [0.1, 0.15) is 16.8 Å². The number of ether oxygens (including phenoxy) is 1. The Kier molecular flexibility index (Phi) is 3.26. The summed E-state index contributed by atoms with van der Waals surface area (Å²) >= 11 is 0. The average molecular weight is 278 g/mol. The molecule has 0 radical (unpaired) electrons. The van der Waals surface area contributed by atoms with E-state index in [-0.39, 0.29) is 0 Å². The van der Waals surface area contributed by atoms with Crippen LogP contribution in [-0.2, 0) is 0 Å². The third-order valence-corrected chi connectivity index (χ3v) is 3.59. The Morgan fingerprint density at radius 3 is 2.52 bits per heavy atom. The van der Waals surface area contributed by atoms with Crippen molar-refractivity contribution in [3.8, 4) is 11.5 Å². The van der Waals surface area contributed by atoms with Gasteiger partial charge in [-0.1, -0.05) is 12.1 Å². The molecule has 0 saturated heterocycles. The lowest BCUT2D eigenvalue weighted by molar-refractivity contribution is 0.484. The zero-order valence-electron chi connectivity index (χ0n) is 12.5. The summed E-state index contributed by atoms with van der Waals surface area (Å²) in [5, 5.41) is 1.91. The fraction of sp³-hybridized carbons (Fsp3) is 0.167. The highest BCUT2D eigenvalue weighted by molar-refractivity contribution is 5.96. The minimum Gasteiger partial charge on any atom is -0.456 e. The Balaban J connectivity index is 2.14. The molecule has 3 aromatic rings. The standard InChI is InChI=1S/C18H18N2O/c1-11-4-5-12(2)18(8-11)21-17-7-6-16(19)15-10-20-13(3)9-14(15)17/h4-10H,19H2,1-3H3. The van der Waals surface area contributed by atoms with E-state index in [0.717, 1.165) is 33.5 Å². The molecule has 0 spiro atoms. The van der Waals surface area contributed by atoms with E-state index in [1.807, 2.05) is 38.1 Å². The molecule has 0 amide bonds. The SMILES string of the molecule is Cc1ccc(C)c(Oc2ccc(N)c3cnc(C)cc23)c1. The number of pyridine rings is 1. The minimum atomic E-state index is 0.714. The first-order valence-electron chi connectivity index (χ1n) is 6.94. The maximum Gasteiger partial charge on any atom is 0.135 e. The molecule has 106 valence electrons. The number of aromatic nitrogens is 1. The summed E-state index contributed by atoms with van der Waals surface area (Å²) in [5.74, 6) is 1.67. The molecule has 3 heteroatoms. The number of fused-ring (bicyclic) bond motifs is 1. The lowest BCUT2D eigenvalue weighted by Crippen LogP contribution is -1.94. The van der Waals surface area contributed by atoms with Gasteiger partial charge in [-0.3, -0.25) is 4.98 Å². The topological polar surface area (TPSA) is 48.1 Å². The quantitative estimate of drug-likeness (QED) is 0.700. The first-order chi connectivity index (χ1) is 10.0. The summed E-state index contributed by atoms with van der Waals surface area (Å²) in [7, 11) is 0. The van der Waals surface area contributed by atoms with Crippen LogP contribution in [0.5, 0.6) is 11.5 Å². The monoisotopic (exact) mass is 278 g/mol. The molecule has 21 heavy (non-hydrogen) atoms. The fourth-order valence-corrected chi connectivity index (χ4v) is 2.36. The van der Waals surface area contributed by atoms with Crippen LogP contribution in [0.4, 0.5) is 5.69 Å². The Morgan fingerprint density at radius 2 is 1.71 bits per heavy atom. The van der Waals surface area contributed by atoms with Crippen molar-refractivity contribution in [2.24, 2.45) is 0 Å². The summed E-state index contributed by atoms with van der Waals surface area (Å²) in [4.78, 5) is 4.31. The minimum absolute atomic E-state index is 0.714. The van der Waals surface area contributed by atoms with E-state index < -0.39 is 0 Å². The summed E-state index contributed by atoms with van der Waals surface area (Å²) in [6.45, 7) is 6.06. The Morgan fingerprint density at radius 1 is 0.905 bits per heavy atom. The maximum absolute atomic E-state index is 6.13. The van der Waals surface area contributed by atoms with Crippen LogP contribution in [0.3, 0.4) is 0 Å². The number of nitrogen functional groups attached to an aromatic ring is 1. The molecule has 0 unspecified atom stereocenters. The predicted octanol–water partition coefficient (Wildman–Crippen LogP) is 4.53. The van der Waals surface area contributed by atoms with Crippen molar-refractivity contribution < 1.29 is 4.74 Å². The van der Waals surface area contributed by atoms with Gasteiger partial charge in [0.25, 0.3) is 0 Å². The summed E-state index contributed by atoms with van der Waals surface area (Å²) < 4.78 is 6.13. The molecule has 2 N–H and O–H groups in total. The Hall–Kier alpha value is -2.55. The second-order valence-corrected chi connectivity index (χ2v) is 5.40. The van der Waals surface area contributed by atoms with Gasteiger partial charge in [-0.15, -0.1) is 0 Å². The number of nitrogens with zero attached hydrogens (tertiary/aromatic N) is 1. The number of aryl methyl sites for hydroxylation is 3. The third-order valence-electron chi connectivity index (χ3n) is 3.59. The molecule has 0 atom stereocenters. The van der Waals surface area contributed by atoms with E-state index in [0.29, 0.717) is 5.69 Å². The number of nitrogens with two attached hydrogens (primary N) is 1. The van der Waals surface area contributed by atoms with Gasteiger partial charge in [0.05, 0.1) is 0 Å². The van der Waals surface area contributed by atoms with Gasteiger partial charge in [0.1, 0.15) is 11.5 Å². The lowest BCUT2D eigenvalue weighted by atomic mass is 10.1. The lowest BCUT2D eigenvalue weighted by Gasteiger charge is -2.13. The highest BCUT2D eigenvalue weighted by atomic mass is 16.5. The highest BCUT2D eigenvalue weighted by Crippen LogP contribution is 2.34. The molecular weight excluding hydrogens is 260 g/mol. The molecule has 3 nitrogen and oxygen atoms in total. The molecule has 0 aliphatic rings. The van der Waals surface area contributed by atoms with Crippen LogP contribution in [-0.4, -0.2) is 4.98 Å². The second-order valence-electron chi connectivity index (χ2n) is 5.40. The molecule has 0 aliphatic heterocycles. The number of hydrogen-bond donors (Lipinski definition) is 1. The van der Waals surface area contributed by atoms with Crippen molar-refractivity contribution in [1.82, 2.24) is 4.98 Å². The number of benzene rings is 2. The van der Waals surface area contributed by atoms with Crippen LogP contribution < -0.4 is 10.5 Å². The summed E-state index contributed by atoms with van der Waals surface area (Å²) in [6, 6.07) is 12.0. The van der Waals surface area contributed by atoms with E-state index in [1.165, 1.54) is 5.56 Å². The molecule has 0 aliphatic carbocycles. The van der Waals surface area contributed by atoms with Crippen LogP contribution in [0.15, 0.2) is 42.6 Å². The summed E-state index contributed by atoms with van der Waals surface area (Å²) in [6.07, 6.45) is 1.80. The summed E-state index contributed by atoms with van der Waals surface area (Å²) in [5.41, 5.74) is 9.97. The van der Waals surface area contributed by atoms with Crippen LogP contribution in [0.2, 0.25) is 0 Å².